The van der Waals surface area contributed by atoms with Gasteiger partial charge in [-0.3, -0.25) is 9.48 Å². The highest BCUT2D eigenvalue weighted by molar-refractivity contribution is 5.94. The van der Waals surface area contributed by atoms with Crippen LogP contribution in [0.2, 0.25) is 0 Å². The fourth-order valence-electron chi connectivity index (χ4n) is 4.30. The van der Waals surface area contributed by atoms with Crippen LogP contribution in [0.15, 0.2) is 42.5 Å². The van der Waals surface area contributed by atoms with Crippen molar-refractivity contribution in [3.63, 3.8) is 0 Å². The number of amides is 1. The van der Waals surface area contributed by atoms with Gasteiger partial charge in [-0.25, -0.2) is 13.9 Å². The fourth-order valence-corrected chi connectivity index (χ4v) is 4.30. The Bertz CT molecular complexity index is 1390. The minimum Gasteiger partial charge on any atom is -0.337 e. The molecule has 4 aromatic rings. The molecule has 1 amide bonds. The van der Waals surface area contributed by atoms with Gasteiger partial charge in [0.15, 0.2) is 5.65 Å². The molecule has 0 bridgehead atoms. The number of carbonyl (C=O) groups is 1. The predicted molar refractivity (Wildman–Crippen MR) is 115 cm³/mol. The fraction of sp³-hybridized carbons (Fsp3) is 0.304. The molecule has 5 rings (SSSR count). The molecule has 4 heterocycles. The first-order valence-corrected chi connectivity index (χ1v) is 10.6. The smallest absolute Gasteiger partial charge is 0.337 e. The van der Waals surface area contributed by atoms with Crippen molar-refractivity contribution in [1.82, 2.24) is 29.3 Å². The Hall–Kier alpha value is -3.76. The largest absolute Gasteiger partial charge is 0.433 e. The van der Waals surface area contributed by atoms with Crippen molar-refractivity contribution >= 4 is 11.6 Å². The number of aryl methyl sites for hydroxylation is 2. The molecule has 1 aliphatic heterocycles. The average molecular weight is 472 g/mol. The number of fused-ring (bicyclic) bond motifs is 1. The van der Waals surface area contributed by atoms with Gasteiger partial charge in [0.1, 0.15) is 17.2 Å². The maximum absolute atomic E-state index is 13.5. The van der Waals surface area contributed by atoms with Gasteiger partial charge in [0, 0.05) is 43.4 Å². The van der Waals surface area contributed by atoms with Gasteiger partial charge in [-0.1, -0.05) is 0 Å². The van der Waals surface area contributed by atoms with E-state index in [1.54, 1.807) is 36.2 Å². The van der Waals surface area contributed by atoms with Crippen molar-refractivity contribution in [3.05, 3.63) is 71.1 Å². The number of aromatic nitrogens is 5. The molecule has 11 heteroatoms. The summed E-state index contributed by atoms with van der Waals surface area (Å²) < 4.78 is 55.9. The van der Waals surface area contributed by atoms with Crippen molar-refractivity contribution < 1.29 is 22.4 Å². The van der Waals surface area contributed by atoms with Crippen LogP contribution in [0.25, 0.3) is 16.9 Å². The molecule has 7 nitrogen and oxygen atoms in total. The molecule has 1 aliphatic rings. The van der Waals surface area contributed by atoms with Crippen LogP contribution in [0.1, 0.15) is 39.9 Å². The van der Waals surface area contributed by atoms with Crippen LogP contribution < -0.4 is 0 Å². The Morgan fingerprint density at radius 2 is 1.82 bits per heavy atom. The van der Waals surface area contributed by atoms with Crippen molar-refractivity contribution in [2.75, 3.05) is 13.1 Å². The monoisotopic (exact) mass is 472 g/mol. The van der Waals surface area contributed by atoms with Gasteiger partial charge in [0.2, 0.25) is 0 Å². The summed E-state index contributed by atoms with van der Waals surface area (Å²) in [5.74, 6) is -0.810. The average Bonchev–Trinajstić information content (AvgIpc) is 3.50. The maximum atomic E-state index is 13.5. The van der Waals surface area contributed by atoms with Gasteiger partial charge in [0.25, 0.3) is 5.91 Å². The van der Waals surface area contributed by atoms with Crippen molar-refractivity contribution in [1.29, 1.82) is 0 Å². The minimum absolute atomic E-state index is 0.127. The van der Waals surface area contributed by atoms with Crippen LogP contribution >= 0.6 is 0 Å². The summed E-state index contributed by atoms with van der Waals surface area (Å²) in [4.78, 5) is 19.0. The number of benzene rings is 1. The molecule has 1 saturated heterocycles. The lowest BCUT2D eigenvalue weighted by Gasteiger charge is -2.15. The van der Waals surface area contributed by atoms with E-state index in [2.05, 4.69) is 15.2 Å². The van der Waals surface area contributed by atoms with Crippen LogP contribution in [0.5, 0.6) is 0 Å². The van der Waals surface area contributed by atoms with Crippen LogP contribution in [-0.2, 0) is 13.2 Å². The van der Waals surface area contributed by atoms with E-state index in [-0.39, 0.29) is 29.0 Å². The lowest BCUT2D eigenvalue weighted by molar-refractivity contribution is -0.142. The summed E-state index contributed by atoms with van der Waals surface area (Å²) in [5, 5.41) is 8.55. The van der Waals surface area contributed by atoms with Crippen LogP contribution in [0, 0.1) is 12.7 Å². The van der Waals surface area contributed by atoms with E-state index in [9.17, 15) is 22.4 Å². The Morgan fingerprint density at radius 3 is 2.53 bits per heavy atom. The molecule has 0 aliphatic carbocycles. The molecule has 0 N–H and O–H groups in total. The highest BCUT2D eigenvalue weighted by atomic mass is 19.4. The maximum Gasteiger partial charge on any atom is 0.433 e. The molecule has 176 valence electrons. The first-order chi connectivity index (χ1) is 16.1. The zero-order valence-electron chi connectivity index (χ0n) is 18.3. The third-order valence-corrected chi connectivity index (χ3v) is 6.00. The van der Waals surface area contributed by atoms with E-state index in [1.807, 2.05) is 0 Å². The standard InChI is InChI=1S/C23H20F4N6O/c1-13-9-20(23(25,26)27)33-21(28-13)11-18(30-33)15-7-8-32(12-15)22(34)19-10-17(29-31(19)2)14-3-5-16(24)6-4-14/h3-6,9-11,15H,7-8,12H2,1-2H3/t15-/m1/s1. The number of hydrogen-bond donors (Lipinski definition) is 0. The van der Waals surface area contributed by atoms with E-state index in [0.717, 1.165) is 10.6 Å². The molecule has 0 radical (unpaired) electrons. The second-order valence-electron chi connectivity index (χ2n) is 8.40. The summed E-state index contributed by atoms with van der Waals surface area (Å²) in [6.45, 7) is 2.26. The number of rotatable bonds is 3. The van der Waals surface area contributed by atoms with Crippen LogP contribution in [0.3, 0.4) is 0 Å². The molecular formula is C23H20F4N6O. The predicted octanol–water partition coefficient (Wildman–Crippen LogP) is 4.23. The van der Waals surface area contributed by atoms with Gasteiger partial charge < -0.3 is 4.90 Å². The lowest BCUT2D eigenvalue weighted by atomic mass is 10.1. The van der Waals surface area contributed by atoms with Gasteiger partial charge in [-0.15, -0.1) is 0 Å². The Kier molecular flexibility index (Phi) is 5.14. The molecule has 0 unspecified atom stereocenters. The van der Waals surface area contributed by atoms with Crippen molar-refractivity contribution in [2.24, 2.45) is 7.05 Å². The van der Waals surface area contributed by atoms with E-state index in [0.29, 0.717) is 42.2 Å². The molecule has 34 heavy (non-hydrogen) atoms. The van der Waals surface area contributed by atoms with Gasteiger partial charge >= 0.3 is 6.18 Å². The zero-order valence-corrected chi connectivity index (χ0v) is 18.3. The second kappa shape index (κ2) is 7.93. The summed E-state index contributed by atoms with van der Waals surface area (Å²) in [6.07, 6.45) is -3.99. The summed E-state index contributed by atoms with van der Waals surface area (Å²) in [6, 6.07) is 10.00. The molecule has 1 atom stereocenters. The quantitative estimate of drug-likeness (QED) is 0.419. The number of nitrogens with zero attached hydrogens (tertiary/aromatic N) is 6. The Morgan fingerprint density at radius 1 is 1.09 bits per heavy atom. The molecule has 1 aromatic carbocycles. The van der Waals surface area contributed by atoms with Gasteiger partial charge in [0.05, 0.1) is 11.4 Å². The first kappa shape index (κ1) is 22.1. The first-order valence-electron chi connectivity index (χ1n) is 10.6. The number of likely N-dealkylation sites (tertiary alicyclic amines) is 1. The molecule has 0 spiro atoms. The number of halogens is 4. The molecule has 0 saturated carbocycles. The Balaban J connectivity index is 1.38. The highest BCUT2D eigenvalue weighted by Gasteiger charge is 2.36. The van der Waals surface area contributed by atoms with Crippen molar-refractivity contribution in [3.8, 4) is 11.3 Å². The van der Waals surface area contributed by atoms with Gasteiger partial charge in [-0.05, 0) is 49.7 Å². The number of hydrogen-bond acceptors (Lipinski definition) is 4. The SMILES string of the molecule is Cc1cc(C(F)(F)F)n2nc([C@@H]3CCN(C(=O)c4cc(-c5ccc(F)cc5)nn4C)C3)cc2n1. The van der Waals surface area contributed by atoms with Crippen LogP contribution in [0.4, 0.5) is 17.6 Å². The highest BCUT2D eigenvalue weighted by Crippen LogP contribution is 2.33. The van der Waals surface area contributed by atoms with E-state index >= 15 is 0 Å². The summed E-state index contributed by atoms with van der Waals surface area (Å²) >= 11 is 0. The van der Waals surface area contributed by atoms with E-state index in [1.165, 1.54) is 23.7 Å². The number of alkyl halides is 3. The summed E-state index contributed by atoms with van der Waals surface area (Å²) in [7, 11) is 1.66. The lowest BCUT2D eigenvalue weighted by Crippen LogP contribution is -2.30. The topological polar surface area (TPSA) is 68.3 Å². The van der Waals surface area contributed by atoms with E-state index in [4.69, 9.17) is 0 Å². The second-order valence-corrected chi connectivity index (χ2v) is 8.40. The molecule has 1 fully saturated rings. The zero-order chi connectivity index (χ0) is 24.2. The van der Waals surface area contributed by atoms with Crippen LogP contribution in [-0.4, -0.2) is 48.3 Å². The number of carbonyl (C=O) groups excluding carboxylic acids is 1. The van der Waals surface area contributed by atoms with Crippen molar-refractivity contribution in [2.45, 2.75) is 25.4 Å². The van der Waals surface area contributed by atoms with E-state index < -0.39 is 11.9 Å². The third-order valence-electron chi connectivity index (χ3n) is 6.00. The summed E-state index contributed by atoms with van der Waals surface area (Å²) in [5.41, 5.74) is 1.56. The molecule has 3 aromatic heterocycles. The van der Waals surface area contributed by atoms with Gasteiger partial charge in [-0.2, -0.15) is 23.4 Å². The normalized spacial score (nSPS) is 16.5. The third kappa shape index (κ3) is 3.91. The Labute approximate surface area is 191 Å². The molecular weight excluding hydrogens is 452 g/mol. The minimum atomic E-state index is -4.56.